The minimum atomic E-state index is 0.203. The van der Waals surface area contributed by atoms with Crippen LogP contribution >= 0.6 is 12.6 Å². The lowest BCUT2D eigenvalue weighted by molar-refractivity contribution is -0.118. The molecule has 1 aromatic carbocycles. The molecule has 1 aliphatic heterocycles. The van der Waals surface area contributed by atoms with Crippen molar-refractivity contribution in [3.63, 3.8) is 0 Å². The molecule has 92 valence electrons. The van der Waals surface area contributed by atoms with Gasteiger partial charge < -0.3 is 9.80 Å². The number of thiol groups is 1. The van der Waals surface area contributed by atoms with E-state index in [4.69, 9.17) is 0 Å². The van der Waals surface area contributed by atoms with Crippen molar-refractivity contribution in [3.8, 4) is 0 Å². The maximum Gasteiger partial charge on any atom is 0.227 e. The maximum absolute atomic E-state index is 11.6. The van der Waals surface area contributed by atoms with Gasteiger partial charge in [-0.3, -0.25) is 4.79 Å². The van der Waals surface area contributed by atoms with Crippen LogP contribution in [0.3, 0.4) is 0 Å². The summed E-state index contributed by atoms with van der Waals surface area (Å²) in [6, 6.07) is 6.29. The summed E-state index contributed by atoms with van der Waals surface area (Å²) >= 11 is 4.24. The number of fused-ring (bicyclic) bond motifs is 1. The average molecular weight is 250 g/mol. The number of benzene rings is 1. The van der Waals surface area contributed by atoms with Crippen molar-refractivity contribution in [2.75, 3.05) is 36.2 Å². The Hall–Kier alpha value is -1.16. The first-order valence-electron chi connectivity index (χ1n) is 5.85. The van der Waals surface area contributed by atoms with Crippen LogP contribution in [0.25, 0.3) is 0 Å². The highest BCUT2D eigenvalue weighted by molar-refractivity contribution is 7.80. The first-order valence-corrected chi connectivity index (χ1v) is 6.48. The van der Waals surface area contributed by atoms with E-state index in [1.807, 2.05) is 13.1 Å². The van der Waals surface area contributed by atoms with E-state index in [2.05, 4.69) is 36.7 Å². The molecule has 0 saturated heterocycles. The van der Waals surface area contributed by atoms with E-state index in [0.717, 1.165) is 24.4 Å². The van der Waals surface area contributed by atoms with E-state index >= 15 is 0 Å². The Morgan fingerprint density at radius 2 is 2.18 bits per heavy atom. The van der Waals surface area contributed by atoms with Gasteiger partial charge in [0, 0.05) is 44.2 Å². The van der Waals surface area contributed by atoms with Gasteiger partial charge in [-0.1, -0.05) is 0 Å². The number of hydrogen-bond acceptors (Lipinski definition) is 3. The first kappa shape index (κ1) is 12.3. The molecule has 0 aliphatic carbocycles. The van der Waals surface area contributed by atoms with Gasteiger partial charge in [0.15, 0.2) is 0 Å². The summed E-state index contributed by atoms with van der Waals surface area (Å²) in [5, 5.41) is 0. The highest BCUT2D eigenvalue weighted by atomic mass is 32.1. The standard InChI is InChI=1S/C13H18N2OS/c1-14(7-8-17)11-4-5-12-10(9-11)3-6-13(16)15(12)2/h4-5,9,17H,3,6-8H2,1-2H3. The third kappa shape index (κ3) is 2.41. The maximum atomic E-state index is 11.6. The molecule has 0 bridgehead atoms. The molecule has 0 unspecified atom stereocenters. The summed E-state index contributed by atoms with van der Waals surface area (Å²) in [5.74, 6) is 1.04. The minimum absolute atomic E-state index is 0.203. The average Bonchev–Trinajstić information content (AvgIpc) is 2.34. The van der Waals surface area contributed by atoms with Crippen molar-refractivity contribution < 1.29 is 4.79 Å². The van der Waals surface area contributed by atoms with Crippen LogP contribution in [-0.2, 0) is 11.2 Å². The molecule has 2 rings (SSSR count). The summed E-state index contributed by atoms with van der Waals surface area (Å²) in [7, 11) is 3.91. The number of nitrogens with zero attached hydrogens (tertiary/aromatic N) is 2. The van der Waals surface area contributed by atoms with Gasteiger partial charge in [-0.25, -0.2) is 0 Å². The predicted molar refractivity (Wildman–Crippen MR) is 75.3 cm³/mol. The summed E-state index contributed by atoms with van der Waals surface area (Å²) in [4.78, 5) is 15.5. The van der Waals surface area contributed by atoms with E-state index < -0.39 is 0 Å². The van der Waals surface area contributed by atoms with Crippen LogP contribution in [0.1, 0.15) is 12.0 Å². The Morgan fingerprint density at radius 3 is 2.88 bits per heavy atom. The fraction of sp³-hybridized carbons (Fsp3) is 0.462. The Kier molecular flexibility index (Phi) is 3.62. The number of amides is 1. The highest BCUT2D eigenvalue weighted by Gasteiger charge is 2.21. The molecule has 0 N–H and O–H groups in total. The van der Waals surface area contributed by atoms with Gasteiger partial charge >= 0.3 is 0 Å². The van der Waals surface area contributed by atoms with Crippen LogP contribution in [0.5, 0.6) is 0 Å². The number of hydrogen-bond donors (Lipinski definition) is 1. The van der Waals surface area contributed by atoms with Crippen molar-refractivity contribution in [1.29, 1.82) is 0 Å². The molecule has 3 nitrogen and oxygen atoms in total. The van der Waals surface area contributed by atoms with E-state index in [-0.39, 0.29) is 5.91 Å². The second-order valence-corrected chi connectivity index (χ2v) is 4.86. The molecule has 0 fully saturated rings. The van der Waals surface area contributed by atoms with Crippen LogP contribution < -0.4 is 9.80 Å². The zero-order chi connectivity index (χ0) is 12.4. The van der Waals surface area contributed by atoms with Gasteiger partial charge in [0.2, 0.25) is 5.91 Å². The molecular weight excluding hydrogens is 232 g/mol. The molecule has 0 saturated carbocycles. The zero-order valence-electron chi connectivity index (χ0n) is 10.3. The van der Waals surface area contributed by atoms with Crippen LogP contribution in [0, 0.1) is 0 Å². The number of carbonyl (C=O) groups is 1. The molecule has 0 spiro atoms. The van der Waals surface area contributed by atoms with E-state index in [9.17, 15) is 4.79 Å². The van der Waals surface area contributed by atoms with Crippen molar-refractivity contribution in [1.82, 2.24) is 0 Å². The second-order valence-electron chi connectivity index (χ2n) is 4.41. The van der Waals surface area contributed by atoms with Crippen molar-refractivity contribution in [2.24, 2.45) is 0 Å². The molecule has 0 atom stereocenters. The van der Waals surface area contributed by atoms with Crippen LogP contribution in [-0.4, -0.2) is 32.3 Å². The molecule has 1 heterocycles. The monoisotopic (exact) mass is 250 g/mol. The Bertz CT molecular complexity index is 433. The molecule has 1 aromatic rings. The van der Waals surface area contributed by atoms with Gasteiger partial charge in [0.05, 0.1) is 0 Å². The lowest BCUT2D eigenvalue weighted by atomic mass is 10.0. The molecular formula is C13H18N2OS. The molecule has 1 amide bonds. The van der Waals surface area contributed by atoms with Crippen LogP contribution in [0.2, 0.25) is 0 Å². The highest BCUT2D eigenvalue weighted by Crippen LogP contribution is 2.30. The van der Waals surface area contributed by atoms with E-state index in [1.54, 1.807) is 4.90 Å². The summed E-state index contributed by atoms with van der Waals surface area (Å²) < 4.78 is 0. The van der Waals surface area contributed by atoms with Gasteiger partial charge in [-0.05, 0) is 30.2 Å². The predicted octanol–water partition coefficient (Wildman–Crippen LogP) is 1.96. The SMILES string of the molecule is CN(CCS)c1ccc2c(c1)CCC(=O)N2C. The van der Waals surface area contributed by atoms with Gasteiger partial charge in [0.25, 0.3) is 0 Å². The smallest absolute Gasteiger partial charge is 0.227 e. The summed E-state index contributed by atoms with van der Waals surface area (Å²) in [5.41, 5.74) is 3.50. The van der Waals surface area contributed by atoms with Crippen LogP contribution in [0.4, 0.5) is 11.4 Å². The first-order chi connectivity index (χ1) is 8.13. The van der Waals surface area contributed by atoms with Gasteiger partial charge in [-0.15, -0.1) is 0 Å². The lowest BCUT2D eigenvalue weighted by Crippen LogP contribution is -2.31. The lowest BCUT2D eigenvalue weighted by Gasteiger charge is -2.27. The minimum Gasteiger partial charge on any atom is -0.374 e. The normalized spacial score (nSPS) is 14.8. The number of aryl methyl sites for hydroxylation is 1. The Labute approximate surface area is 108 Å². The molecule has 4 heteroatoms. The molecule has 1 aliphatic rings. The quantitative estimate of drug-likeness (QED) is 0.829. The fourth-order valence-electron chi connectivity index (χ4n) is 2.16. The third-order valence-electron chi connectivity index (χ3n) is 3.28. The van der Waals surface area contributed by atoms with Crippen LogP contribution in [0.15, 0.2) is 18.2 Å². The van der Waals surface area contributed by atoms with Crippen molar-refractivity contribution >= 4 is 29.9 Å². The Morgan fingerprint density at radius 1 is 1.41 bits per heavy atom. The topological polar surface area (TPSA) is 23.6 Å². The summed E-state index contributed by atoms with van der Waals surface area (Å²) in [6.07, 6.45) is 1.46. The Balaban J connectivity index is 2.29. The summed E-state index contributed by atoms with van der Waals surface area (Å²) in [6.45, 7) is 0.927. The number of carbonyl (C=O) groups excluding carboxylic acids is 1. The molecule has 17 heavy (non-hydrogen) atoms. The molecule has 0 aromatic heterocycles. The van der Waals surface area contributed by atoms with Gasteiger partial charge in [0.1, 0.15) is 0 Å². The van der Waals surface area contributed by atoms with Gasteiger partial charge in [-0.2, -0.15) is 12.6 Å². The van der Waals surface area contributed by atoms with Crippen molar-refractivity contribution in [2.45, 2.75) is 12.8 Å². The fourth-order valence-corrected chi connectivity index (χ4v) is 2.46. The molecule has 0 radical (unpaired) electrons. The van der Waals surface area contributed by atoms with Crippen molar-refractivity contribution in [3.05, 3.63) is 23.8 Å². The number of rotatable bonds is 3. The number of anilines is 2. The van der Waals surface area contributed by atoms with E-state index in [0.29, 0.717) is 6.42 Å². The second kappa shape index (κ2) is 5.00. The largest absolute Gasteiger partial charge is 0.374 e. The third-order valence-corrected chi connectivity index (χ3v) is 3.48. The van der Waals surface area contributed by atoms with E-state index in [1.165, 1.54) is 11.3 Å². The zero-order valence-corrected chi connectivity index (χ0v) is 11.2.